The van der Waals surface area contributed by atoms with Crippen LogP contribution in [0.3, 0.4) is 0 Å². The van der Waals surface area contributed by atoms with E-state index in [1.807, 2.05) is 13.8 Å². The van der Waals surface area contributed by atoms with Crippen molar-refractivity contribution < 1.29 is 13.9 Å². The third-order valence-electron chi connectivity index (χ3n) is 2.17. The predicted molar refractivity (Wildman–Crippen MR) is 61.7 cm³/mol. The van der Waals surface area contributed by atoms with Gasteiger partial charge in [-0.25, -0.2) is 8.78 Å². The van der Waals surface area contributed by atoms with Crippen molar-refractivity contribution in [2.45, 2.75) is 26.3 Å². The number of rotatable bonds is 3. The zero-order chi connectivity index (χ0) is 11.6. The van der Waals surface area contributed by atoms with E-state index in [-0.39, 0.29) is 23.9 Å². The number of hydrogen-bond donors (Lipinski definition) is 2. The van der Waals surface area contributed by atoms with Gasteiger partial charge in [0.2, 0.25) is 0 Å². The summed E-state index contributed by atoms with van der Waals surface area (Å²) in [6, 6.07) is 0.999. The Morgan fingerprint density at radius 2 is 1.88 bits per heavy atom. The summed E-state index contributed by atoms with van der Waals surface area (Å²) in [5.41, 5.74) is 5.72. The number of aromatic hydroxyl groups is 1. The fourth-order valence-corrected chi connectivity index (χ4v) is 1.56. The van der Waals surface area contributed by atoms with Crippen LogP contribution in [0.1, 0.15) is 31.9 Å². The molecule has 0 saturated heterocycles. The number of phenols is 1. The Labute approximate surface area is 99.9 Å². The first-order valence-electron chi connectivity index (χ1n) is 4.85. The standard InChI is InChI=1S/C11H15F2NO.ClH/c1-6(2)3-9(14)11-8(13)4-7(12)5-10(11)15;/h4-6,9,15H,3,14H2,1-2H3;1H/t9-;/m0./s1. The molecule has 16 heavy (non-hydrogen) atoms. The van der Waals surface area contributed by atoms with Gasteiger partial charge >= 0.3 is 0 Å². The Balaban J connectivity index is 0.00000225. The summed E-state index contributed by atoms with van der Waals surface area (Å²) in [6.45, 7) is 3.89. The van der Waals surface area contributed by atoms with Crippen LogP contribution in [-0.4, -0.2) is 5.11 Å². The topological polar surface area (TPSA) is 46.2 Å². The van der Waals surface area contributed by atoms with Gasteiger partial charge in [-0.1, -0.05) is 13.8 Å². The van der Waals surface area contributed by atoms with Crippen molar-refractivity contribution in [3.8, 4) is 5.75 Å². The van der Waals surface area contributed by atoms with E-state index in [0.717, 1.165) is 12.1 Å². The minimum absolute atomic E-state index is 0. The molecular weight excluding hydrogens is 236 g/mol. The Bertz CT molecular complexity index is 335. The van der Waals surface area contributed by atoms with E-state index >= 15 is 0 Å². The van der Waals surface area contributed by atoms with Crippen molar-refractivity contribution in [3.63, 3.8) is 0 Å². The van der Waals surface area contributed by atoms with Gasteiger partial charge in [0.05, 0.1) is 0 Å². The molecule has 0 heterocycles. The molecule has 0 unspecified atom stereocenters. The first kappa shape index (κ1) is 15.1. The summed E-state index contributed by atoms with van der Waals surface area (Å²) in [7, 11) is 0. The van der Waals surface area contributed by atoms with Crippen molar-refractivity contribution in [2.75, 3.05) is 0 Å². The lowest BCUT2D eigenvalue weighted by molar-refractivity contribution is 0.423. The number of phenolic OH excluding ortho intramolecular Hbond substituents is 1. The first-order valence-corrected chi connectivity index (χ1v) is 4.85. The molecule has 0 aromatic heterocycles. The van der Waals surface area contributed by atoms with Gasteiger partial charge in [0.15, 0.2) is 0 Å². The van der Waals surface area contributed by atoms with Gasteiger partial charge in [-0.2, -0.15) is 0 Å². The average Bonchev–Trinajstić information content (AvgIpc) is 1.99. The second-order valence-electron chi connectivity index (χ2n) is 4.06. The molecular formula is C11H16ClF2NO. The van der Waals surface area contributed by atoms with Gasteiger partial charge in [0, 0.05) is 23.7 Å². The van der Waals surface area contributed by atoms with Crippen LogP contribution in [0.15, 0.2) is 12.1 Å². The molecule has 5 heteroatoms. The van der Waals surface area contributed by atoms with Crippen LogP contribution in [0, 0.1) is 17.6 Å². The third kappa shape index (κ3) is 3.61. The summed E-state index contributed by atoms with van der Waals surface area (Å²) < 4.78 is 26.0. The van der Waals surface area contributed by atoms with Crippen LogP contribution in [0.25, 0.3) is 0 Å². The maximum atomic E-state index is 13.3. The van der Waals surface area contributed by atoms with E-state index in [2.05, 4.69) is 0 Å². The van der Waals surface area contributed by atoms with Crippen LogP contribution in [0.4, 0.5) is 8.78 Å². The predicted octanol–water partition coefficient (Wildman–Crippen LogP) is 3.14. The zero-order valence-corrected chi connectivity index (χ0v) is 10.0. The minimum Gasteiger partial charge on any atom is -0.507 e. The lowest BCUT2D eigenvalue weighted by Gasteiger charge is -2.16. The van der Waals surface area contributed by atoms with Crippen LogP contribution < -0.4 is 5.73 Å². The monoisotopic (exact) mass is 251 g/mol. The fourth-order valence-electron chi connectivity index (χ4n) is 1.56. The molecule has 1 aromatic rings. The minimum atomic E-state index is -0.800. The Kier molecular flexibility index (Phi) is 5.68. The molecule has 0 fully saturated rings. The molecule has 1 aromatic carbocycles. The normalized spacial score (nSPS) is 12.4. The summed E-state index contributed by atoms with van der Waals surface area (Å²) in [4.78, 5) is 0. The van der Waals surface area contributed by atoms with Crippen LogP contribution in [0.2, 0.25) is 0 Å². The van der Waals surface area contributed by atoms with Gasteiger partial charge in [-0.15, -0.1) is 12.4 Å². The number of nitrogens with two attached hydrogens (primary N) is 1. The summed E-state index contributed by atoms with van der Waals surface area (Å²) >= 11 is 0. The molecule has 0 bridgehead atoms. The van der Waals surface area contributed by atoms with Crippen molar-refractivity contribution in [1.29, 1.82) is 0 Å². The lowest BCUT2D eigenvalue weighted by Crippen LogP contribution is -2.15. The second kappa shape index (κ2) is 6.01. The molecule has 0 amide bonds. The smallest absolute Gasteiger partial charge is 0.134 e. The molecule has 0 aliphatic rings. The van der Waals surface area contributed by atoms with Gasteiger partial charge in [0.1, 0.15) is 17.4 Å². The highest BCUT2D eigenvalue weighted by Crippen LogP contribution is 2.30. The summed E-state index contributed by atoms with van der Waals surface area (Å²) in [5, 5.41) is 9.40. The molecule has 0 aliphatic heterocycles. The van der Waals surface area contributed by atoms with Crippen molar-refractivity contribution in [2.24, 2.45) is 11.7 Å². The molecule has 1 rings (SSSR count). The molecule has 0 radical (unpaired) electrons. The van der Waals surface area contributed by atoms with Gasteiger partial charge < -0.3 is 10.8 Å². The molecule has 0 aliphatic carbocycles. The number of halogens is 3. The highest BCUT2D eigenvalue weighted by molar-refractivity contribution is 5.85. The van der Waals surface area contributed by atoms with Crippen LogP contribution in [0.5, 0.6) is 5.75 Å². The SMILES string of the molecule is CC(C)C[C@H](N)c1c(O)cc(F)cc1F.Cl. The van der Waals surface area contributed by atoms with Crippen LogP contribution >= 0.6 is 12.4 Å². The Hall–Kier alpha value is -0.870. The van der Waals surface area contributed by atoms with Crippen molar-refractivity contribution in [1.82, 2.24) is 0 Å². The van der Waals surface area contributed by atoms with Gasteiger partial charge in [0.25, 0.3) is 0 Å². The highest BCUT2D eigenvalue weighted by Gasteiger charge is 2.18. The first-order chi connectivity index (χ1) is 6.91. The highest BCUT2D eigenvalue weighted by atomic mass is 35.5. The average molecular weight is 252 g/mol. The molecule has 1 atom stereocenters. The largest absolute Gasteiger partial charge is 0.507 e. The van der Waals surface area contributed by atoms with E-state index in [1.165, 1.54) is 0 Å². The van der Waals surface area contributed by atoms with E-state index in [4.69, 9.17) is 5.73 Å². The maximum absolute atomic E-state index is 13.3. The molecule has 2 nitrogen and oxygen atoms in total. The Morgan fingerprint density at radius 1 is 1.31 bits per heavy atom. The van der Waals surface area contributed by atoms with E-state index in [0.29, 0.717) is 6.42 Å². The zero-order valence-electron chi connectivity index (χ0n) is 9.21. The van der Waals surface area contributed by atoms with E-state index < -0.39 is 23.4 Å². The Morgan fingerprint density at radius 3 is 2.31 bits per heavy atom. The van der Waals surface area contributed by atoms with E-state index in [9.17, 15) is 13.9 Å². The van der Waals surface area contributed by atoms with Gasteiger partial charge in [-0.05, 0) is 12.3 Å². The molecule has 3 N–H and O–H groups in total. The van der Waals surface area contributed by atoms with E-state index in [1.54, 1.807) is 0 Å². The van der Waals surface area contributed by atoms with Gasteiger partial charge in [-0.3, -0.25) is 0 Å². The van der Waals surface area contributed by atoms with Crippen molar-refractivity contribution in [3.05, 3.63) is 29.3 Å². The second-order valence-corrected chi connectivity index (χ2v) is 4.06. The summed E-state index contributed by atoms with van der Waals surface area (Å²) in [6.07, 6.45) is 0.538. The lowest BCUT2D eigenvalue weighted by atomic mass is 9.96. The quantitative estimate of drug-likeness (QED) is 0.867. The van der Waals surface area contributed by atoms with Crippen molar-refractivity contribution >= 4 is 12.4 Å². The maximum Gasteiger partial charge on any atom is 0.134 e. The fraction of sp³-hybridized carbons (Fsp3) is 0.455. The number of hydrogen-bond acceptors (Lipinski definition) is 2. The number of benzene rings is 1. The third-order valence-corrected chi connectivity index (χ3v) is 2.17. The molecule has 0 saturated carbocycles. The van der Waals surface area contributed by atoms with Crippen LogP contribution in [-0.2, 0) is 0 Å². The molecule has 92 valence electrons. The molecule has 0 spiro atoms. The summed E-state index contributed by atoms with van der Waals surface area (Å²) in [5.74, 6) is -1.73.